The zero-order valence-corrected chi connectivity index (χ0v) is 32.7. The zero-order valence-electron chi connectivity index (χ0n) is 31.9. The van der Waals surface area contributed by atoms with Crippen molar-refractivity contribution in [3.05, 3.63) is 35.9 Å². The molecule has 0 aromatic heterocycles. The van der Waals surface area contributed by atoms with E-state index in [-0.39, 0.29) is 48.3 Å². The van der Waals surface area contributed by atoms with Gasteiger partial charge in [0, 0.05) is 24.3 Å². The van der Waals surface area contributed by atoms with Gasteiger partial charge in [-0.25, -0.2) is 4.79 Å². The molecule has 6 atom stereocenters. The molecule has 0 fully saturated rings. The van der Waals surface area contributed by atoms with Crippen molar-refractivity contribution in [3.8, 4) is 0 Å². The van der Waals surface area contributed by atoms with Gasteiger partial charge in [0.25, 0.3) is 0 Å². The number of rotatable bonds is 21. The Morgan fingerprint density at radius 1 is 0.800 bits per heavy atom. The van der Waals surface area contributed by atoms with E-state index in [2.05, 4.69) is 26.6 Å². The van der Waals surface area contributed by atoms with Gasteiger partial charge in [0.05, 0.1) is 18.7 Å². The molecule has 0 aliphatic carbocycles. The molecular weight excluding hydrogens is 659 g/mol. The number of Topliss-reactive ketones (excluding diaryl/α,β-unsaturated/α-hetero) is 1. The average Bonchev–Trinajstić information content (AvgIpc) is 3.01. The van der Waals surface area contributed by atoms with E-state index in [1.165, 1.54) is 11.8 Å². The second-order valence-electron chi connectivity index (χ2n) is 15.1. The van der Waals surface area contributed by atoms with Crippen LogP contribution in [0.3, 0.4) is 0 Å². The van der Waals surface area contributed by atoms with Gasteiger partial charge in [-0.15, -0.1) is 0 Å². The highest BCUT2D eigenvalue weighted by atomic mass is 32.2. The number of ether oxygens (including phenoxy) is 1. The Balaban J connectivity index is 2.89. The van der Waals surface area contributed by atoms with Gasteiger partial charge in [-0.1, -0.05) is 78.8 Å². The molecule has 12 nitrogen and oxygen atoms in total. The lowest BCUT2D eigenvalue weighted by Gasteiger charge is -2.29. The first kappa shape index (κ1) is 44.9. The van der Waals surface area contributed by atoms with E-state index in [0.717, 1.165) is 5.56 Å². The maximum atomic E-state index is 13.4. The molecule has 0 spiro atoms. The van der Waals surface area contributed by atoms with Gasteiger partial charge in [-0.2, -0.15) is 11.8 Å². The van der Waals surface area contributed by atoms with Crippen molar-refractivity contribution < 1.29 is 33.8 Å². The molecule has 0 bridgehead atoms. The fraction of sp³-hybridized carbons (Fsp3) is 0.703. The molecule has 284 valence electrons. The van der Waals surface area contributed by atoms with E-state index in [1.807, 2.05) is 64.3 Å². The Kier molecular flexibility index (Phi) is 19.7. The minimum atomic E-state index is -0.965. The van der Waals surface area contributed by atoms with Gasteiger partial charge >= 0.3 is 6.09 Å². The van der Waals surface area contributed by atoms with Crippen LogP contribution in [0.25, 0.3) is 0 Å². The predicted octanol–water partition coefficient (Wildman–Crippen LogP) is 3.80. The van der Waals surface area contributed by atoms with Crippen LogP contribution in [0.4, 0.5) is 4.79 Å². The number of ketones is 1. The summed E-state index contributed by atoms with van der Waals surface area (Å²) in [5.74, 6) is -1.96. The fourth-order valence-electron chi connectivity index (χ4n) is 5.21. The van der Waals surface area contributed by atoms with Crippen LogP contribution < -0.4 is 26.6 Å². The maximum Gasteiger partial charge on any atom is 0.408 e. The number of amides is 4. The van der Waals surface area contributed by atoms with Gasteiger partial charge in [-0.05, 0) is 63.2 Å². The van der Waals surface area contributed by atoms with Crippen LogP contribution in [0.15, 0.2) is 30.3 Å². The van der Waals surface area contributed by atoms with Crippen molar-refractivity contribution in [2.75, 3.05) is 18.6 Å². The van der Waals surface area contributed by atoms with E-state index in [4.69, 9.17) is 4.74 Å². The highest BCUT2D eigenvalue weighted by molar-refractivity contribution is 7.98. The third-order valence-electron chi connectivity index (χ3n) is 7.99. The van der Waals surface area contributed by atoms with E-state index in [9.17, 15) is 29.1 Å². The molecule has 0 heterocycles. The first-order chi connectivity index (χ1) is 23.2. The summed E-state index contributed by atoms with van der Waals surface area (Å²) < 4.78 is 5.32. The molecule has 0 unspecified atom stereocenters. The summed E-state index contributed by atoms with van der Waals surface area (Å²) in [5.41, 5.74) is 0.213. The molecule has 0 aliphatic heterocycles. The molecule has 4 amide bonds. The van der Waals surface area contributed by atoms with E-state index < -0.39 is 53.8 Å². The van der Waals surface area contributed by atoms with Crippen molar-refractivity contribution in [1.29, 1.82) is 0 Å². The fourth-order valence-corrected chi connectivity index (χ4v) is 5.81. The van der Waals surface area contributed by atoms with E-state index in [0.29, 0.717) is 18.7 Å². The largest absolute Gasteiger partial charge is 0.444 e. The highest BCUT2D eigenvalue weighted by Crippen LogP contribution is 2.17. The van der Waals surface area contributed by atoms with Gasteiger partial charge in [-0.3, -0.25) is 19.2 Å². The number of aliphatic hydroxyl groups excluding tert-OH is 1. The van der Waals surface area contributed by atoms with Crippen LogP contribution in [0, 0.1) is 23.7 Å². The Bertz CT molecular complexity index is 1220. The summed E-state index contributed by atoms with van der Waals surface area (Å²) in [7, 11) is 0. The highest BCUT2D eigenvalue weighted by Gasteiger charge is 2.32. The van der Waals surface area contributed by atoms with E-state index >= 15 is 0 Å². The summed E-state index contributed by atoms with van der Waals surface area (Å²) in [6.45, 7) is 18.4. The first-order valence-electron chi connectivity index (χ1n) is 17.6. The third kappa shape index (κ3) is 17.2. The Labute approximate surface area is 303 Å². The molecular formula is C37H63N5O7S. The number of aliphatic hydroxyl groups is 1. The smallest absolute Gasteiger partial charge is 0.408 e. The Hall–Kier alpha value is -3.16. The molecule has 6 N–H and O–H groups in total. The summed E-state index contributed by atoms with van der Waals surface area (Å²) in [4.78, 5) is 65.3. The van der Waals surface area contributed by atoms with Crippen molar-refractivity contribution in [1.82, 2.24) is 26.6 Å². The number of nitrogens with one attached hydrogen (secondary N) is 5. The van der Waals surface area contributed by atoms with Gasteiger partial charge in [0.1, 0.15) is 17.7 Å². The van der Waals surface area contributed by atoms with Crippen LogP contribution in [0.1, 0.15) is 87.6 Å². The molecule has 0 saturated heterocycles. The van der Waals surface area contributed by atoms with Gasteiger partial charge in [0.15, 0.2) is 5.78 Å². The van der Waals surface area contributed by atoms with Crippen LogP contribution in [0.2, 0.25) is 0 Å². The first-order valence-corrected chi connectivity index (χ1v) is 19.0. The standard InChI is InChI=1S/C37H63N5O7S/c1-22(2)17-27(29(43)18-25(7)33(45)41-31(23(3)4)34(46)39-19-26-15-13-12-14-16-26)38-20-30(44)28(21-50-11)40-35(47)32(24(5)6)42-36(48)49-37(8,9)10/h12-16,22-25,27-29,31-32,38,43H,17-21H2,1-11H3,(H,39,46)(H,40,47)(H,41,45)(H,42,48)/t25-,27+,28-,29+,31+,32+/m1/s1. The van der Waals surface area contributed by atoms with Crippen molar-refractivity contribution in [2.45, 2.75) is 124 Å². The van der Waals surface area contributed by atoms with Crippen LogP contribution >= 0.6 is 11.8 Å². The number of benzene rings is 1. The van der Waals surface area contributed by atoms with Crippen molar-refractivity contribution >= 4 is 41.4 Å². The lowest BCUT2D eigenvalue weighted by molar-refractivity contribution is -0.132. The SMILES string of the molecule is CSC[C@@H](NC(=O)[C@@H](NC(=O)OC(C)(C)C)C(C)C)C(=O)CN[C@@H](CC(C)C)[C@@H](O)C[C@@H](C)C(=O)N[C@H](C(=O)NCc1ccccc1)C(C)C. The Morgan fingerprint density at radius 3 is 1.90 bits per heavy atom. The minimum Gasteiger partial charge on any atom is -0.444 e. The number of hydrogen-bond donors (Lipinski definition) is 6. The maximum absolute atomic E-state index is 13.4. The summed E-state index contributed by atoms with van der Waals surface area (Å²) in [6, 6.07) is 6.51. The molecule has 50 heavy (non-hydrogen) atoms. The monoisotopic (exact) mass is 721 g/mol. The molecule has 13 heteroatoms. The molecule has 0 aliphatic rings. The topological polar surface area (TPSA) is 175 Å². The number of thioether (sulfide) groups is 1. The van der Waals surface area contributed by atoms with Gasteiger partial charge < -0.3 is 36.4 Å². The van der Waals surface area contributed by atoms with Gasteiger partial charge in [0.2, 0.25) is 17.7 Å². The molecule has 0 saturated carbocycles. The number of alkyl carbamates (subject to hydrolysis) is 1. The van der Waals surface area contributed by atoms with Crippen LogP contribution in [0.5, 0.6) is 0 Å². The summed E-state index contributed by atoms with van der Waals surface area (Å²) in [6.07, 6.45) is 0.784. The predicted molar refractivity (Wildman–Crippen MR) is 199 cm³/mol. The third-order valence-corrected chi connectivity index (χ3v) is 8.65. The minimum absolute atomic E-state index is 0.109. The summed E-state index contributed by atoms with van der Waals surface area (Å²) in [5, 5.41) is 25.6. The molecule has 0 radical (unpaired) electrons. The van der Waals surface area contributed by atoms with Crippen molar-refractivity contribution in [2.24, 2.45) is 23.7 Å². The lowest BCUT2D eigenvalue weighted by atomic mass is 9.92. The Morgan fingerprint density at radius 2 is 1.38 bits per heavy atom. The number of carbonyl (C=O) groups is 5. The molecule has 1 aromatic carbocycles. The lowest BCUT2D eigenvalue weighted by Crippen LogP contribution is -2.56. The van der Waals surface area contributed by atoms with Crippen LogP contribution in [-0.4, -0.2) is 89.1 Å². The second kappa shape index (κ2) is 21.9. The van der Waals surface area contributed by atoms with E-state index in [1.54, 1.807) is 41.5 Å². The molecule has 1 aromatic rings. The number of carbonyl (C=O) groups excluding carboxylic acids is 5. The quantitative estimate of drug-likeness (QED) is 0.110. The van der Waals surface area contributed by atoms with Crippen molar-refractivity contribution in [3.63, 3.8) is 0 Å². The number of hydrogen-bond acceptors (Lipinski definition) is 9. The zero-order chi connectivity index (χ0) is 38.2. The average molecular weight is 722 g/mol. The summed E-state index contributed by atoms with van der Waals surface area (Å²) >= 11 is 1.40. The van der Waals surface area contributed by atoms with Crippen LogP contribution in [-0.2, 0) is 30.5 Å². The molecule has 1 rings (SSSR count). The second-order valence-corrected chi connectivity index (χ2v) is 16.0. The normalized spacial score (nSPS) is 15.4.